The maximum atomic E-state index is 10.8. The van der Waals surface area contributed by atoms with Crippen molar-refractivity contribution in [3.8, 4) is 0 Å². The first-order chi connectivity index (χ1) is 14.9. The summed E-state index contributed by atoms with van der Waals surface area (Å²) in [6, 6.07) is 0. The maximum absolute atomic E-state index is 10.8. The molecule has 5 heteroatoms. The summed E-state index contributed by atoms with van der Waals surface area (Å²) < 4.78 is 0. The second-order valence-electron chi connectivity index (χ2n) is 9.04. The Labute approximate surface area is 181 Å². The Balaban J connectivity index is 1.59. The quantitative estimate of drug-likeness (QED) is 0.572. The van der Waals surface area contributed by atoms with Crippen molar-refractivity contribution in [1.82, 2.24) is 5.32 Å². The second kappa shape index (κ2) is 6.27. The molecule has 8 bridgehead atoms. The summed E-state index contributed by atoms with van der Waals surface area (Å²) in [4.78, 5) is 14.6. The predicted molar refractivity (Wildman–Crippen MR) is 125 cm³/mol. The molecule has 1 fully saturated rings. The molecule has 1 aliphatic carbocycles. The van der Waals surface area contributed by atoms with E-state index in [0.29, 0.717) is 18.1 Å². The second-order valence-corrected chi connectivity index (χ2v) is 9.04. The number of allylic oxidation sites excluding steroid dienone is 12. The third-order valence-corrected chi connectivity index (χ3v) is 6.75. The highest BCUT2D eigenvalue weighted by Gasteiger charge is 2.36. The van der Waals surface area contributed by atoms with Crippen LogP contribution in [0.4, 0.5) is 0 Å². The molecule has 1 saturated heterocycles. The molecule has 0 spiro atoms. The van der Waals surface area contributed by atoms with E-state index >= 15 is 0 Å². The van der Waals surface area contributed by atoms with Gasteiger partial charge in [-0.25, -0.2) is 15.0 Å². The number of hydrogen-bond acceptors (Lipinski definition) is 5. The van der Waals surface area contributed by atoms with Gasteiger partial charge < -0.3 is 10.4 Å². The Hall–Kier alpha value is -3.47. The molecule has 1 unspecified atom stereocenters. The molecule has 0 aromatic carbocycles. The molecule has 31 heavy (non-hydrogen) atoms. The minimum atomic E-state index is 0.358. The highest BCUT2D eigenvalue weighted by atomic mass is 16.3. The molecule has 0 aromatic rings. The van der Waals surface area contributed by atoms with Crippen LogP contribution in [0.3, 0.4) is 0 Å². The van der Waals surface area contributed by atoms with E-state index in [1.54, 1.807) is 0 Å². The molecule has 2 N–H and O–H groups in total. The minimum Gasteiger partial charge on any atom is -0.511 e. The van der Waals surface area contributed by atoms with Gasteiger partial charge in [0.05, 0.1) is 34.2 Å². The van der Waals surface area contributed by atoms with Crippen molar-refractivity contribution >= 4 is 17.1 Å². The van der Waals surface area contributed by atoms with Gasteiger partial charge in [-0.3, -0.25) is 0 Å². The van der Waals surface area contributed by atoms with Crippen LogP contribution in [-0.4, -0.2) is 22.2 Å². The average Bonchev–Trinajstić information content (AvgIpc) is 3.47. The van der Waals surface area contributed by atoms with E-state index in [1.807, 2.05) is 19.1 Å². The highest BCUT2D eigenvalue weighted by molar-refractivity contribution is 6.21. The van der Waals surface area contributed by atoms with Crippen molar-refractivity contribution in [2.75, 3.05) is 0 Å². The van der Waals surface area contributed by atoms with Crippen LogP contribution < -0.4 is 5.32 Å². The molecule has 5 heterocycles. The van der Waals surface area contributed by atoms with Crippen molar-refractivity contribution in [3.05, 3.63) is 92.5 Å². The third kappa shape index (κ3) is 2.73. The Morgan fingerprint density at radius 1 is 0.968 bits per heavy atom. The Morgan fingerprint density at radius 2 is 1.81 bits per heavy atom. The van der Waals surface area contributed by atoms with E-state index in [9.17, 15) is 5.11 Å². The van der Waals surface area contributed by atoms with Gasteiger partial charge in [0.25, 0.3) is 0 Å². The topological polar surface area (TPSA) is 69.3 Å². The molecule has 0 radical (unpaired) electrons. The zero-order chi connectivity index (χ0) is 21.4. The lowest BCUT2D eigenvalue weighted by atomic mass is 10.0. The van der Waals surface area contributed by atoms with Crippen LogP contribution in [0, 0.1) is 5.92 Å². The van der Waals surface area contributed by atoms with E-state index in [4.69, 9.17) is 15.0 Å². The van der Waals surface area contributed by atoms with Crippen molar-refractivity contribution in [2.45, 2.75) is 40.5 Å². The smallest absolute Gasteiger partial charge is 0.106 e. The van der Waals surface area contributed by atoms with E-state index < -0.39 is 0 Å². The number of aliphatic imine (C=N–C) groups is 3. The molecule has 5 nitrogen and oxygen atoms in total. The SMILES string of the molecule is CC1=CC2=NC1=CC1=C(C)C3=C(O)CC(=C4CC(C)C(=CC5=NC(=C2)C=C5C)N4)C3=N1. The number of rotatable bonds is 0. The number of aliphatic hydroxyl groups is 1. The number of aliphatic hydroxyl groups excluding tert-OH is 1. The normalized spacial score (nSPS) is 26.4. The monoisotopic (exact) mass is 408 g/mol. The number of nitrogens with zero attached hydrogens (tertiary/aromatic N) is 3. The van der Waals surface area contributed by atoms with Crippen molar-refractivity contribution in [2.24, 2.45) is 20.9 Å². The standard InChI is InChI=1S/C26H24N4O/c1-12-5-16-8-17-6-13(2)20(28-17)11-22-15(4)25-24(31)9-18(26(25)30-22)23-7-14(3)21(29-23)10-19(12)27-16/h5-6,8,10-11,14,29,31H,7,9H2,1-4H3. The van der Waals surface area contributed by atoms with Gasteiger partial charge in [-0.1, -0.05) is 6.92 Å². The lowest BCUT2D eigenvalue weighted by Gasteiger charge is -2.07. The van der Waals surface area contributed by atoms with Gasteiger partial charge in [0.1, 0.15) is 5.76 Å². The van der Waals surface area contributed by atoms with Crippen molar-refractivity contribution in [3.63, 3.8) is 0 Å². The van der Waals surface area contributed by atoms with E-state index in [1.165, 1.54) is 0 Å². The lowest BCUT2D eigenvalue weighted by Crippen LogP contribution is -2.11. The Morgan fingerprint density at radius 3 is 2.65 bits per heavy atom. The molecule has 6 rings (SSSR count). The van der Waals surface area contributed by atoms with Gasteiger partial charge in [0.2, 0.25) is 0 Å². The summed E-state index contributed by atoms with van der Waals surface area (Å²) in [7, 11) is 0. The first-order valence-electron chi connectivity index (χ1n) is 10.8. The molecular formula is C26H24N4O. The van der Waals surface area contributed by atoms with Crippen LogP contribution in [0.5, 0.6) is 0 Å². The van der Waals surface area contributed by atoms with E-state index in [-0.39, 0.29) is 0 Å². The molecule has 6 aliphatic rings. The van der Waals surface area contributed by atoms with E-state index in [2.05, 4.69) is 44.3 Å². The first-order valence-corrected chi connectivity index (χ1v) is 10.8. The van der Waals surface area contributed by atoms with Crippen molar-refractivity contribution in [1.29, 1.82) is 0 Å². The van der Waals surface area contributed by atoms with Gasteiger partial charge in [-0.15, -0.1) is 0 Å². The first kappa shape index (κ1) is 18.3. The third-order valence-electron chi connectivity index (χ3n) is 6.75. The summed E-state index contributed by atoms with van der Waals surface area (Å²) in [6.45, 7) is 8.43. The van der Waals surface area contributed by atoms with Gasteiger partial charge in [0, 0.05) is 34.9 Å². The summed E-state index contributed by atoms with van der Waals surface area (Å²) in [5.41, 5.74) is 13.1. The maximum Gasteiger partial charge on any atom is 0.106 e. The zero-order valence-electron chi connectivity index (χ0n) is 18.2. The fourth-order valence-corrected chi connectivity index (χ4v) is 4.99. The molecule has 5 aliphatic heterocycles. The molecule has 0 amide bonds. The molecule has 1 atom stereocenters. The van der Waals surface area contributed by atoms with Gasteiger partial charge >= 0.3 is 0 Å². The van der Waals surface area contributed by atoms with E-state index in [0.717, 1.165) is 79.9 Å². The van der Waals surface area contributed by atoms with Crippen LogP contribution in [0.1, 0.15) is 40.5 Å². The molecule has 0 saturated carbocycles. The fourth-order valence-electron chi connectivity index (χ4n) is 4.99. The Bertz CT molecular complexity index is 1330. The predicted octanol–water partition coefficient (Wildman–Crippen LogP) is 5.28. The van der Waals surface area contributed by atoms with Crippen molar-refractivity contribution < 1.29 is 5.11 Å². The van der Waals surface area contributed by atoms with Gasteiger partial charge in [-0.05, 0) is 74.3 Å². The summed E-state index contributed by atoms with van der Waals surface area (Å²) in [6.07, 6.45) is 11.9. The lowest BCUT2D eigenvalue weighted by molar-refractivity contribution is 0.400. The zero-order valence-corrected chi connectivity index (χ0v) is 18.2. The molecular weight excluding hydrogens is 384 g/mol. The summed E-state index contributed by atoms with van der Waals surface area (Å²) in [5, 5.41) is 14.4. The van der Waals surface area contributed by atoms with Crippen LogP contribution in [-0.2, 0) is 0 Å². The van der Waals surface area contributed by atoms with Gasteiger partial charge in [0.15, 0.2) is 0 Å². The molecule has 154 valence electrons. The largest absolute Gasteiger partial charge is 0.511 e. The average molecular weight is 409 g/mol. The van der Waals surface area contributed by atoms with Crippen LogP contribution >= 0.6 is 0 Å². The number of fused-ring (bicyclic) bond motifs is 5. The molecule has 0 aromatic heterocycles. The highest BCUT2D eigenvalue weighted by Crippen LogP contribution is 2.43. The number of hydrogen-bond donors (Lipinski definition) is 2. The fraction of sp³-hybridized carbons (Fsp3) is 0.269. The summed E-state index contributed by atoms with van der Waals surface area (Å²) >= 11 is 0. The van der Waals surface area contributed by atoms with Crippen LogP contribution in [0.2, 0.25) is 0 Å². The van der Waals surface area contributed by atoms with Crippen LogP contribution in [0.25, 0.3) is 0 Å². The number of nitrogens with one attached hydrogen (secondary N) is 1. The summed E-state index contributed by atoms with van der Waals surface area (Å²) in [5.74, 6) is 0.770. The Kier molecular flexibility index (Phi) is 3.70. The van der Waals surface area contributed by atoms with Crippen LogP contribution in [0.15, 0.2) is 107 Å². The van der Waals surface area contributed by atoms with Gasteiger partial charge in [-0.2, -0.15) is 0 Å². The minimum absolute atomic E-state index is 0.358.